The Morgan fingerprint density at radius 1 is 1.00 bits per heavy atom. The van der Waals surface area contributed by atoms with Crippen molar-refractivity contribution in [3.63, 3.8) is 0 Å². The van der Waals surface area contributed by atoms with Crippen molar-refractivity contribution in [3.05, 3.63) is 77.6 Å². The normalized spacial score (nSPS) is 12.8. The minimum absolute atomic E-state index is 0.258. The van der Waals surface area contributed by atoms with Crippen LogP contribution in [0.5, 0.6) is 5.75 Å². The van der Waals surface area contributed by atoms with E-state index in [4.69, 9.17) is 16.3 Å². The van der Waals surface area contributed by atoms with Gasteiger partial charge in [-0.25, -0.2) is 0 Å². The van der Waals surface area contributed by atoms with E-state index >= 15 is 0 Å². The van der Waals surface area contributed by atoms with E-state index in [1.807, 2.05) is 80.7 Å². The number of rotatable bonds is 7. The van der Waals surface area contributed by atoms with Crippen LogP contribution >= 0.6 is 11.6 Å². The Labute approximate surface area is 159 Å². The Morgan fingerprint density at radius 3 is 2.19 bits per heavy atom. The second kappa shape index (κ2) is 7.98. The van der Waals surface area contributed by atoms with Crippen LogP contribution in [0.4, 0.5) is 0 Å². The van der Waals surface area contributed by atoms with Gasteiger partial charge in [0.25, 0.3) is 0 Å². The van der Waals surface area contributed by atoms with Gasteiger partial charge in [-0.05, 0) is 59.4 Å². The van der Waals surface area contributed by atoms with Crippen molar-refractivity contribution in [2.24, 2.45) is 5.41 Å². The third kappa shape index (κ3) is 4.69. The van der Waals surface area contributed by atoms with Gasteiger partial charge < -0.3 is 14.8 Å². The molecule has 2 aromatic carbocycles. The maximum absolute atomic E-state index is 10.5. The summed E-state index contributed by atoms with van der Waals surface area (Å²) in [7, 11) is 0. The van der Waals surface area contributed by atoms with Gasteiger partial charge in [-0.3, -0.25) is 0 Å². The van der Waals surface area contributed by atoms with Crippen LogP contribution in [0, 0.1) is 5.41 Å². The van der Waals surface area contributed by atoms with E-state index in [0.29, 0.717) is 0 Å². The monoisotopic (exact) mass is 369 g/mol. The van der Waals surface area contributed by atoms with Crippen molar-refractivity contribution in [2.75, 3.05) is 6.61 Å². The Kier molecular flexibility index (Phi) is 5.70. The van der Waals surface area contributed by atoms with E-state index in [0.717, 1.165) is 34.0 Å². The van der Waals surface area contributed by atoms with Crippen LogP contribution in [0.3, 0.4) is 0 Å². The molecule has 1 aromatic heterocycles. The lowest BCUT2D eigenvalue weighted by Crippen LogP contribution is -2.36. The molecule has 0 radical (unpaired) electrons. The van der Waals surface area contributed by atoms with E-state index in [1.54, 1.807) is 0 Å². The van der Waals surface area contributed by atoms with Crippen LogP contribution in [0.15, 0.2) is 66.9 Å². The molecule has 3 nitrogen and oxygen atoms in total. The summed E-state index contributed by atoms with van der Waals surface area (Å²) in [5.74, 6) is 0.748. The third-order valence-corrected chi connectivity index (χ3v) is 4.90. The highest BCUT2D eigenvalue weighted by Gasteiger charge is 2.29. The molecule has 0 aliphatic rings. The van der Waals surface area contributed by atoms with Crippen LogP contribution in [0.25, 0.3) is 11.1 Å². The molecular formula is C22H24ClNO2. The van der Waals surface area contributed by atoms with E-state index in [1.165, 1.54) is 0 Å². The summed E-state index contributed by atoms with van der Waals surface area (Å²) >= 11 is 5.93. The van der Waals surface area contributed by atoms with Gasteiger partial charge in [0.2, 0.25) is 0 Å². The zero-order valence-corrected chi connectivity index (χ0v) is 15.8. The molecule has 0 spiro atoms. The largest absolute Gasteiger partial charge is 0.491 e. The number of aliphatic hydroxyl groups is 1. The van der Waals surface area contributed by atoms with E-state index in [9.17, 15) is 5.11 Å². The summed E-state index contributed by atoms with van der Waals surface area (Å²) in [6.45, 7) is 4.35. The molecule has 0 saturated carbocycles. The van der Waals surface area contributed by atoms with Crippen molar-refractivity contribution in [3.8, 4) is 16.9 Å². The zero-order valence-electron chi connectivity index (χ0n) is 15.1. The average Bonchev–Trinajstić information content (AvgIpc) is 3.13. The number of ether oxygens (including phenoxy) is 1. The van der Waals surface area contributed by atoms with Crippen molar-refractivity contribution in [1.29, 1.82) is 0 Å². The highest BCUT2D eigenvalue weighted by molar-refractivity contribution is 6.30. The Hall–Kier alpha value is -2.23. The number of nitrogens with one attached hydrogen (secondary N) is 1. The number of aliphatic hydroxyl groups excluding tert-OH is 1. The zero-order chi connectivity index (χ0) is 18.6. The Bertz CT molecular complexity index is 808. The van der Waals surface area contributed by atoms with Gasteiger partial charge in [-0.15, -0.1) is 0 Å². The van der Waals surface area contributed by atoms with Crippen LogP contribution in [0.2, 0.25) is 5.02 Å². The Balaban J connectivity index is 1.58. The molecule has 0 saturated heterocycles. The molecule has 4 heteroatoms. The Morgan fingerprint density at radius 2 is 1.62 bits per heavy atom. The first-order valence-electron chi connectivity index (χ1n) is 8.73. The minimum atomic E-state index is -0.568. The molecule has 136 valence electrons. The first kappa shape index (κ1) is 18.6. The van der Waals surface area contributed by atoms with E-state index in [2.05, 4.69) is 4.98 Å². The van der Waals surface area contributed by atoms with Gasteiger partial charge in [0.1, 0.15) is 12.4 Å². The number of benzene rings is 2. The van der Waals surface area contributed by atoms with Crippen LogP contribution in [0.1, 0.15) is 19.5 Å². The quantitative estimate of drug-likeness (QED) is 0.590. The lowest BCUT2D eigenvalue weighted by Gasteiger charge is -2.30. The summed E-state index contributed by atoms with van der Waals surface area (Å²) < 4.78 is 5.80. The van der Waals surface area contributed by atoms with Crippen molar-refractivity contribution in [1.82, 2.24) is 4.98 Å². The number of hydrogen-bond donors (Lipinski definition) is 2. The molecule has 0 amide bonds. The standard InChI is InChI=1S/C22H24ClNO2/c1-22(2,14-19-4-3-13-24-19)21(25)15-26-20-11-7-17(8-12-20)16-5-9-18(23)10-6-16/h3-13,21,24-25H,14-15H2,1-2H3. The van der Waals surface area contributed by atoms with Gasteiger partial charge in [0, 0.05) is 16.9 Å². The second-order valence-corrected chi connectivity index (χ2v) is 7.66. The highest BCUT2D eigenvalue weighted by atomic mass is 35.5. The molecule has 26 heavy (non-hydrogen) atoms. The molecule has 0 aliphatic carbocycles. The smallest absolute Gasteiger partial charge is 0.119 e. The molecule has 1 unspecified atom stereocenters. The fourth-order valence-corrected chi connectivity index (χ4v) is 3.00. The lowest BCUT2D eigenvalue weighted by molar-refractivity contribution is 0.0114. The minimum Gasteiger partial charge on any atom is -0.491 e. The predicted molar refractivity (Wildman–Crippen MR) is 107 cm³/mol. The van der Waals surface area contributed by atoms with Crippen LogP contribution in [-0.2, 0) is 6.42 Å². The van der Waals surface area contributed by atoms with Crippen molar-refractivity contribution >= 4 is 11.6 Å². The number of H-pyrrole nitrogens is 1. The predicted octanol–water partition coefficient (Wildman–Crippen LogP) is 5.34. The fraction of sp³-hybridized carbons (Fsp3) is 0.273. The van der Waals surface area contributed by atoms with Gasteiger partial charge in [0.15, 0.2) is 0 Å². The number of hydrogen-bond acceptors (Lipinski definition) is 2. The second-order valence-electron chi connectivity index (χ2n) is 7.22. The lowest BCUT2D eigenvalue weighted by atomic mass is 9.82. The average molecular weight is 370 g/mol. The maximum Gasteiger partial charge on any atom is 0.119 e. The fourth-order valence-electron chi connectivity index (χ4n) is 2.87. The van der Waals surface area contributed by atoms with Gasteiger partial charge in [-0.1, -0.05) is 49.7 Å². The summed E-state index contributed by atoms with van der Waals surface area (Å²) in [5, 5.41) is 11.3. The van der Waals surface area contributed by atoms with E-state index in [-0.39, 0.29) is 12.0 Å². The molecule has 0 fully saturated rings. The summed E-state index contributed by atoms with van der Waals surface area (Å²) in [5.41, 5.74) is 3.03. The molecule has 3 rings (SSSR count). The number of aromatic nitrogens is 1. The molecule has 2 N–H and O–H groups in total. The molecule has 0 aliphatic heterocycles. The summed E-state index contributed by atoms with van der Waals surface area (Å²) in [4.78, 5) is 3.19. The van der Waals surface area contributed by atoms with Gasteiger partial charge in [-0.2, -0.15) is 0 Å². The summed E-state index contributed by atoms with van der Waals surface area (Å²) in [6, 6.07) is 19.6. The molecule has 1 heterocycles. The molecule has 0 bridgehead atoms. The molecule has 1 atom stereocenters. The number of aromatic amines is 1. The number of halogens is 1. The highest BCUT2D eigenvalue weighted by Crippen LogP contribution is 2.27. The van der Waals surface area contributed by atoms with Crippen molar-refractivity contribution < 1.29 is 9.84 Å². The maximum atomic E-state index is 10.5. The first-order valence-corrected chi connectivity index (χ1v) is 9.11. The topological polar surface area (TPSA) is 45.2 Å². The van der Waals surface area contributed by atoms with Crippen molar-refractivity contribution in [2.45, 2.75) is 26.4 Å². The van der Waals surface area contributed by atoms with Gasteiger partial charge >= 0.3 is 0 Å². The third-order valence-electron chi connectivity index (χ3n) is 4.65. The van der Waals surface area contributed by atoms with Crippen LogP contribution in [-0.4, -0.2) is 22.8 Å². The first-order chi connectivity index (χ1) is 12.4. The molecule has 3 aromatic rings. The summed E-state index contributed by atoms with van der Waals surface area (Å²) in [6.07, 6.45) is 2.10. The van der Waals surface area contributed by atoms with E-state index < -0.39 is 6.10 Å². The van der Waals surface area contributed by atoms with Gasteiger partial charge in [0.05, 0.1) is 6.10 Å². The molecular weight excluding hydrogens is 346 g/mol. The SMILES string of the molecule is CC(C)(Cc1ccc[nH]1)C(O)COc1ccc(-c2ccc(Cl)cc2)cc1. The van der Waals surface area contributed by atoms with Crippen LogP contribution < -0.4 is 4.74 Å².